The fraction of sp³-hybridized carbons (Fsp3) is 0.190. The first-order valence-corrected chi connectivity index (χ1v) is 9.78. The summed E-state index contributed by atoms with van der Waals surface area (Å²) in [6.07, 6.45) is 4.22. The van der Waals surface area contributed by atoms with Crippen LogP contribution in [0.2, 0.25) is 0 Å². The number of hydrogen-bond donors (Lipinski definition) is 2. The van der Waals surface area contributed by atoms with E-state index in [2.05, 4.69) is 15.4 Å². The molecule has 0 aliphatic carbocycles. The van der Waals surface area contributed by atoms with Gasteiger partial charge in [0.25, 0.3) is 0 Å². The van der Waals surface area contributed by atoms with Crippen molar-refractivity contribution >= 4 is 22.9 Å². The Bertz CT molecular complexity index is 1280. The molecular formula is C21H19N7O2. The van der Waals surface area contributed by atoms with Crippen molar-refractivity contribution in [1.82, 2.24) is 19.3 Å². The van der Waals surface area contributed by atoms with Gasteiger partial charge in [-0.25, -0.2) is 14.7 Å². The molecule has 2 aromatic carbocycles. The first-order valence-electron chi connectivity index (χ1n) is 9.78. The molecule has 3 N–H and O–H groups in total. The molecule has 0 fully saturated rings. The normalized spacial score (nSPS) is 17.7. The Kier molecular flexibility index (Phi) is 3.67. The number of hydrogen-bond acceptors (Lipinski definition) is 7. The molecule has 0 radical (unpaired) electrons. The van der Waals surface area contributed by atoms with Crippen LogP contribution in [0.25, 0.3) is 16.7 Å². The summed E-state index contributed by atoms with van der Waals surface area (Å²) in [5.74, 6) is 2.35. The third kappa shape index (κ3) is 2.66. The summed E-state index contributed by atoms with van der Waals surface area (Å²) in [4.78, 5) is 9.35. The number of anilines is 1. The van der Waals surface area contributed by atoms with Crippen LogP contribution in [0.3, 0.4) is 0 Å². The SMILES string of the molecule is NC1=N[C@@H](c2cnn(-c3ccccc3)c2)n2c(nc3cc4c(cc32)OCCCO4)N1. The number of ether oxygens (including phenoxy) is 2. The molecule has 2 aromatic heterocycles. The van der Waals surface area contributed by atoms with E-state index in [0.717, 1.165) is 28.7 Å². The highest BCUT2D eigenvalue weighted by Crippen LogP contribution is 2.39. The summed E-state index contributed by atoms with van der Waals surface area (Å²) in [7, 11) is 0. The van der Waals surface area contributed by atoms with Crippen LogP contribution in [0.4, 0.5) is 5.95 Å². The zero-order valence-electron chi connectivity index (χ0n) is 16.0. The number of nitrogens with two attached hydrogens (primary N) is 1. The van der Waals surface area contributed by atoms with Crippen LogP contribution in [-0.2, 0) is 0 Å². The Morgan fingerprint density at radius 2 is 1.87 bits per heavy atom. The topological polar surface area (TPSA) is 105 Å². The van der Waals surface area contributed by atoms with Gasteiger partial charge in [0.1, 0.15) is 0 Å². The number of rotatable bonds is 2. The first-order chi connectivity index (χ1) is 14.8. The maximum atomic E-state index is 6.07. The van der Waals surface area contributed by atoms with Crippen LogP contribution < -0.4 is 20.5 Å². The van der Waals surface area contributed by atoms with Gasteiger partial charge >= 0.3 is 0 Å². The van der Waals surface area contributed by atoms with Crippen molar-refractivity contribution in [2.24, 2.45) is 10.7 Å². The van der Waals surface area contributed by atoms with E-state index in [4.69, 9.17) is 20.2 Å². The largest absolute Gasteiger partial charge is 0.489 e. The Morgan fingerprint density at radius 1 is 1.07 bits per heavy atom. The van der Waals surface area contributed by atoms with Gasteiger partial charge in [-0.05, 0) is 12.1 Å². The summed E-state index contributed by atoms with van der Waals surface area (Å²) in [6, 6.07) is 13.8. The molecule has 0 spiro atoms. The maximum absolute atomic E-state index is 6.07. The highest BCUT2D eigenvalue weighted by molar-refractivity contribution is 5.95. The first kappa shape index (κ1) is 16.9. The van der Waals surface area contributed by atoms with E-state index < -0.39 is 6.17 Å². The van der Waals surface area contributed by atoms with Crippen molar-refractivity contribution in [2.75, 3.05) is 18.5 Å². The minimum absolute atomic E-state index is 0.310. The second kappa shape index (κ2) is 6.51. The van der Waals surface area contributed by atoms with E-state index in [1.165, 1.54) is 0 Å². The summed E-state index contributed by atoms with van der Waals surface area (Å²) in [5.41, 5.74) is 9.61. The minimum atomic E-state index is -0.395. The van der Waals surface area contributed by atoms with Crippen molar-refractivity contribution < 1.29 is 9.47 Å². The third-order valence-corrected chi connectivity index (χ3v) is 5.23. The molecule has 0 unspecified atom stereocenters. The van der Waals surface area contributed by atoms with Gasteiger partial charge in [0.2, 0.25) is 5.95 Å². The lowest BCUT2D eigenvalue weighted by atomic mass is 10.2. The molecule has 150 valence electrons. The molecule has 0 amide bonds. The number of fused-ring (bicyclic) bond motifs is 4. The van der Waals surface area contributed by atoms with Crippen LogP contribution in [0.1, 0.15) is 18.2 Å². The average Bonchev–Trinajstić information content (AvgIpc) is 3.31. The molecule has 2 aliphatic heterocycles. The van der Waals surface area contributed by atoms with Crippen LogP contribution in [0.5, 0.6) is 11.5 Å². The van der Waals surface area contributed by atoms with Gasteiger partial charge in [0.15, 0.2) is 23.6 Å². The van der Waals surface area contributed by atoms with Crippen molar-refractivity contribution in [1.29, 1.82) is 0 Å². The van der Waals surface area contributed by atoms with Crippen LogP contribution in [0, 0.1) is 0 Å². The third-order valence-electron chi connectivity index (χ3n) is 5.23. The predicted molar refractivity (Wildman–Crippen MR) is 112 cm³/mol. The van der Waals surface area contributed by atoms with Gasteiger partial charge in [0, 0.05) is 30.3 Å². The Hall–Kier alpha value is -4.01. The zero-order chi connectivity index (χ0) is 20.1. The van der Waals surface area contributed by atoms with Crippen LogP contribution in [-0.4, -0.2) is 38.5 Å². The number of aliphatic imine (C=N–C) groups is 1. The lowest BCUT2D eigenvalue weighted by Crippen LogP contribution is -2.31. The number of benzene rings is 2. The summed E-state index contributed by atoms with van der Waals surface area (Å²) < 4.78 is 15.5. The molecule has 0 saturated heterocycles. The number of guanidine groups is 1. The summed E-state index contributed by atoms with van der Waals surface area (Å²) >= 11 is 0. The molecule has 4 heterocycles. The minimum Gasteiger partial charge on any atom is -0.489 e. The second-order valence-corrected chi connectivity index (χ2v) is 7.21. The number of imidazole rings is 1. The number of nitrogens with one attached hydrogen (secondary N) is 1. The molecule has 0 bridgehead atoms. The van der Waals surface area contributed by atoms with E-state index >= 15 is 0 Å². The molecule has 0 saturated carbocycles. The predicted octanol–water partition coefficient (Wildman–Crippen LogP) is 2.67. The van der Waals surface area contributed by atoms with Gasteiger partial charge in [-0.15, -0.1) is 0 Å². The van der Waals surface area contributed by atoms with Gasteiger partial charge in [-0.1, -0.05) is 18.2 Å². The maximum Gasteiger partial charge on any atom is 0.212 e. The summed E-state index contributed by atoms with van der Waals surface area (Å²) in [5, 5.41) is 7.58. The average molecular weight is 401 g/mol. The van der Waals surface area contributed by atoms with Gasteiger partial charge in [-0.3, -0.25) is 9.88 Å². The Labute approximate surface area is 171 Å². The van der Waals surface area contributed by atoms with Crippen molar-refractivity contribution in [2.45, 2.75) is 12.6 Å². The molecule has 2 aliphatic rings. The van der Waals surface area contributed by atoms with Gasteiger partial charge < -0.3 is 15.2 Å². The molecule has 30 heavy (non-hydrogen) atoms. The summed E-state index contributed by atoms with van der Waals surface area (Å²) in [6.45, 7) is 1.25. The Balaban J connectivity index is 1.48. The molecule has 1 atom stereocenters. The molecule has 4 aromatic rings. The van der Waals surface area contributed by atoms with E-state index in [1.807, 2.05) is 57.9 Å². The number of aromatic nitrogens is 4. The van der Waals surface area contributed by atoms with Crippen LogP contribution in [0.15, 0.2) is 59.9 Å². The molecular weight excluding hydrogens is 382 g/mol. The number of para-hydroxylation sites is 1. The fourth-order valence-electron chi connectivity index (χ4n) is 3.84. The molecule has 6 rings (SSSR count). The fourth-order valence-corrected chi connectivity index (χ4v) is 3.84. The van der Waals surface area contributed by atoms with E-state index in [1.54, 1.807) is 6.20 Å². The smallest absolute Gasteiger partial charge is 0.212 e. The standard InChI is InChI=1S/C21H19N7O2/c22-20-25-19(13-11-23-27(12-13)14-5-2-1-3-6-14)28-16-10-18-17(29-7-4-8-30-18)9-15(16)24-21(28)26-20/h1-3,5-6,9-12,19H,4,7-8H2,(H3,22,24,25,26)/t19-/m1/s1. The van der Waals surface area contributed by atoms with E-state index in [9.17, 15) is 0 Å². The number of nitrogens with zero attached hydrogens (tertiary/aromatic N) is 5. The molecule has 9 heteroatoms. The zero-order valence-corrected chi connectivity index (χ0v) is 16.0. The lowest BCUT2D eigenvalue weighted by Gasteiger charge is -2.22. The molecule has 9 nitrogen and oxygen atoms in total. The van der Waals surface area contributed by atoms with Crippen molar-refractivity contribution in [3.8, 4) is 17.2 Å². The Morgan fingerprint density at radius 3 is 2.70 bits per heavy atom. The monoisotopic (exact) mass is 401 g/mol. The quantitative estimate of drug-likeness (QED) is 0.535. The highest BCUT2D eigenvalue weighted by Gasteiger charge is 2.27. The van der Waals surface area contributed by atoms with Crippen LogP contribution >= 0.6 is 0 Å². The van der Waals surface area contributed by atoms with E-state index in [0.29, 0.717) is 36.6 Å². The second-order valence-electron chi connectivity index (χ2n) is 7.21. The van der Waals surface area contributed by atoms with Gasteiger partial charge in [0.05, 0.1) is 36.1 Å². The lowest BCUT2D eigenvalue weighted by molar-refractivity contribution is 0.297. The van der Waals surface area contributed by atoms with Gasteiger partial charge in [-0.2, -0.15) is 5.10 Å². The highest BCUT2D eigenvalue weighted by atomic mass is 16.5. The van der Waals surface area contributed by atoms with E-state index in [-0.39, 0.29) is 0 Å². The van der Waals surface area contributed by atoms with Crippen molar-refractivity contribution in [3.63, 3.8) is 0 Å². The van der Waals surface area contributed by atoms with Crippen molar-refractivity contribution in [3.05, 3.63) is 60.4 Å².